The Bertz CT molecular complexity index is 615. The van der Waals surface area contributed by atoms with E-state index in [9.17, 15) is 9.59 Å². The summed E-state index contributed by atoms with van der Waals surface area (Å²) >= 11 is 0. The lowest BCUT2D eigenvalue weighted by molar-refractivity contribution is -0.167. The highest BCUT2D eigenvalue weighted by atomic mass is 16.6. The van der Waals surface area contributed by atoms with Gasteiger partial charge in [-0.1, -0.05) is 37.3 Å². The Labute approximate surface area is 162 Å². The fraction of sp³-hybridized carbons (Fsp3) is 0.636. The third-order valence-electron chi connectivity index (χ3n) is 4.36. The van der Waals surface area contributed by atoms with Crippen LogP contribution in [0.2, 0.25) is 0 Å². The van der Waals surface area contributed by atoms with Gasteiger partial charge in [0.1, 0.15) is 17.8 Å². The Hall–Kier alpha value is -1.88. The number of hydrogen-bond acceptors (Lipinski definition) is 5. The van der Waals surface area contributed by atoms with Crippen molar-refractivity contribution in [2.45, 2.75) is 71.7 Å². The molecule has 0 spiro atoms. The molecule has 1 saturated carbocycles. The van der Waals surface area contributed by atoms with Crippen LogP contribution in [-0.4, -0.2) is 30.3 Å². The Morgan fingerprint density at radius 3 is 2.30 bits per heavy atom. The second-order valence-electron chi connectivity index (χ2n) is 8.44. The third kappa shape index (κ3) is 7.71. The number of benzene rings is 1. The summed E-state index contributed by atoms with van der Waals surface area (Å²) in [6.07, 6.45) is 1.64. The molecular weight excluding hydrogens is 344 g/mol. The molecule has 0 aliphatic heterocycles. The van der Waals surface area contributed by atoms with Crippen LogP contribution in [0.5, 0.6) is 0 Å². The summed E-state index contributed by atoms with van der Waals surface area (Å²) in [4.78, 5) is 24.4. The van der Waals surface area contributed by atoms with Crippen molar-refractivity contribution in [3.8, 4) is 0 Å². The van der Waals surface area contributed by atoms with Gasteiger partial charge < -0.3 is 14.2 Å². The fourth-order valence-electron chi connectivity index (χ4n) is 2.75. The quantitative estimate of drug-likeness (QED) is 0.596. The molecule has 0 radical (unpaired) electrons. The zero-order valence-corrected chi connectivity index (χ0v) is 17.1. The van der Waals surface area contributed by atoms with E-state index in [1.807, 2.05) is 37.3 Å². The molecule has 150 valence electrons. The van der Waals surface area contributed by atoms with E-state index >= 15 is 0 Å². The van der Waals surface area contributed by atoms with Crippen LogP contribution in [0.1, 0.15) is 65.5 Å². The van der Waals surface area contributed by atoms with Crippen LogP contribution in [0.4, 0.5) is 0 Å². The van der Waals surface area contributed by atoms with Gasteiger partial charge in [-0.25, -0.2) is 0 Å². The molecule has 1 aliphatic carbocycles. The van der Waals surface area contributed by atoms with Crippen molar-refractivity contribution in [3.05, 3.63) is 35.9 Å². The minimum Gasteiger partial charge on any atom is -0.460 e. The van der Waals surface area contributed by atoms with Crippen molar-refractivity contribution >= 4 is 11.9 Å². The first kappa shape index (κ1) is 21.4. The second kappa shape index (κ2) is 9.36. The highest BCUT2D eigenvalue weighted by Gasteiger charge is 2.30. The second-order valence-corrected chi connectivity index (χ2v) is 8.44. The Balaban J connectivity index is 1.93. The average Bonchev–Trinajstić information content (AvgIpc) is 3.38. The summed E-state index contributed by atoms with van der Waals surface area (Å²) in [5.41, 5.74) is 0.418. The van der Waals surface area contributed by atoms with Gasteiger partial charge in [0.2, 0.25) is 0 Å². The molecule has 5 nitrogen and oxygen atoms in total. The van der Waals surface area contributed by atoms with Crippen molar-refractivity contribution in [2.24, 2.45) is 11.8 Å². The van der Waals surface area contributed by atoms with Gasteiger partial charge in [-0.3, -0.25) is 9.59 Å². The molecule has 27 heavy (non-hydrogen) atoms. The summed E-state index contributed by atoms with van der Waals surface area (Å²) in [7, 11) is 0. The van der Waals surface area contributed by atoms with E-state index in [-0.39, 0.29) is 12.5 Å². The molecule has 0 amide bonds. The topological polar surface area (TPSA) is 61.8 Å². The van der Waals surface area contributed by atoms with E-state index < -0.39 is 29.6 Å². The van der Waals surface area contributed by atoms with E-state index in [2.05, 4.69) is 0 Å². The van der Waals surface area contributed by atoms with E-state index in [1.165, 1.54) is 12.8 Å². The standard InChI is InChI=1S/C22H32O5/c1-15(13-19(23)27-22(3,4)5)21(24)26-16(2)20(25-14-17-11-12-17)18-9-7-6-8-10-18/h6-10,15-17,20H,11-14H2,1-5H3/t15-,16+,20-/m1/s1. The van der Waals surface area contributed by atoms with E-state index in [1.54, 1.807) is 27.7 Å². The zero-order valence-electron chi connectivity index (χ0n) is 17.1. The first-order valence-electron chi connectivity index (χ1n) is 9.74. The van der Waals surface area contributed by atoms with E-state index in [0.29, 0.717) is 12.5 Å². The molecule has 0 N–H and O–H groups in total. The van der Waals surface area contributed by atoms with Gasteiger partial charge in [-0.2, -0.15) is 0 Å². The normalized spacial score (nSPS) is 17.7. The number of rotatable bonds is 9. The molecule has 3 atom stereocenters. The molecule has 0 heterocycles. The Morgan fingerprint density at radius 2 is 1.74 bits per heavy atom. The maximum absolute atomic E-state index is 12.5. The number of carbonyl (C=O) groups is 2. The molecule has 5 heteroatoms. The molecule has 1 aromatic carbocycles. The van der Waals surface area contributed by atoms with Gasteiger partial charge in [0, 0.05) is 0 Å². The monoisotopic (exact) mass is 376 g/mol. The SMILES string of the molecule is C[C@H](CC(=O)OC(C)(C)C)C(=O)O[C@@H](C)[C@@H](OCC1CC1)c1ccccc1. The van der Waals surface area contributed by atoms with Gasteiger partial charge in [-0.05, 0) is 52.0 Å². The molecule has 2 rings (SSSR count). The molecule has 1 aliphatic rings. The van der Waals surface area contributed by atoms with Crippen LogP contribution in [0, 0.1) is 11.8 Å². The molecule has 0 bridgehead atoms. The number of carbonyl (C=O) groups excluding carboxylic acids is 2. The smallest absolute Gasteiger partial charge is 0.309 e. The van der Waals surface area contributed by atoms with Crippen LogP contribution in [-0.2, 0) is 23.8 Å². The summed E-state index contributed by atoms with van der Waals surface area (Å²) in [5.74, 6) is -0.763. The largest absolute Gasteiger partial charge is 0.460 e. The van der Waals surface area contributed by atoms with Crippen molar-refractivity contribution in [1.29, 1.82) is 0 Å². The van der Waals surface area contributed by atoms with Crippen LogP contribution < -0.4 is 0 Å². The lowest BCUT2D eigenvalue weighted by atomic mass is 10.0. The molecular formula is C22H32O5. The van der Waals surface area contributed by atoms with Crippen molar-refractivity contribution in [3.63, 3.8) is 0 Å². The van der Waals surface area contributed by atoms with Crippen molar-refractivity contribution < 1.29 is 23.8 Å². The van der Waals surface area contributed by atoms with Crippen LogP contribution in [0.3, 0.4) is 0 Å². The molecule has 0 aromatic heterocycles. The average molecular weight is 376 g/mol. The van der Waals surface area contributed by atoms with Crippen molar-refractivity contribution in [1.82, 2.24) is 0 Å². The first-order valence-corrected chi connectivity index (χ1v) is 9.74. The van der Waals surface area contributed by atoms with Gasteiger partial charge in [0.05, 0.1) is 18.9 Å². The highest BCUT2D eigenvalue weighted by Crippen LogP contribution is 2.32. The van der Waals surface area contributed by atoms with Gasteiger partial charge in [-0.15, -0.1) is 0 Å². The lowest BCUT2D eigenvalue weighted by Gasteiger charge is -2.26. The van der Waals surface area contributed by atoms with Gasteiger partial charge in [0.25, 0.3) is 0 Å². The number of ether oxygens (including phenoxy) is 3. The van der Waals surface area contributed by atoms with E-state index in [0.717, 1.165) is 5.56 Å². The summed E-state index contributed by atoms with van der Waals surface area (Å²) < 4.78 is 17.0. The lowest BCUT2D eigenvalue weighted by Crippen LogP contribution is -2.30. The third-order valence-corrected chi connectivity index (χ3v) is 4.36. The van der Waals surface area contributed by atoms with Gasteiger partial charge >= 0.3 is 11.9 Å². The van der Waals surface area contributed by atoms with Crippen LogP contribution in [0.25, 0.3) is 0 Å². The molecule has 0 unspecified atom stereocenters. The molecule has 0 saturated heterocycles. The minimum atomic E-state index is -0.567. The number of esters is 2. The maximum Gasteiger partial charge on any atom is 0.309 e. The number of hydrogen-bond donors (Lipinski definition) is 0. The Kier molecular flexibility index (Phi) is 7.42. The van der Waals surface area contributed by atoms with Crippen molar-refractivity contribution in [2.75, 3.05) is 6.61 Å². The summed E-state index contributed by atoms with van der Waals surface area (Å²) in [5, 5.41) is 0. The van der Waals surface area contributed by atoms with Crippen LogP contribution in [0.15, 0.2) is 30.3 Å². The van der Waals surface area contributed by atoms with E-state index in [4.69, 9.17) is 14.2 Å². The summed E-state index contributed by atoms with van der Waals surface area (Å²) in [6.45, 7) is 9.60. The molecule has 1 aromatic rings. The highest BCUT2D eigenvalue weighted by molar-refractivity contribution is 5.79. The Morgan fingerprint density at radius 1 is 1.11 bits per heavy atom. The first-order chi connectivity index (χ1) is 12.7. The predicted octanol–water partition coefficient (Wildman–Crippen LogP) is 4.45. The summed E-state index contributed by atoms with van der Waals surface area (Å²) in [6, 6.07) is 9.80. The molecule has 1 fully saturated rings. The fourth-order valence-corrected chi connectivity index (χ4v) is 2.75. The zero-order chi connectivity index (χ0) is 20.0. The minimum absolute atomic E-state index is 0.00174. The predicted molar refractivity (Wildman–Crippen MR) is 103 cm³/mol. The van der Waals surface area contributed by atoms with Gasteiger partial charge in [0.15, 0.2) is 0 Å². The van der Waals surface area contributed by atoms with Crippen LogP contribution >= 0.6 is 0 Å². The maximum atomic E-state index is 12.5.